The highest BCUT2D eigenvalue weighted by Gasteiger charge is 2.19. The number of halogens is 1. The van der Waals surface area contributed by atoms with E-state index in [1.54, 1.807) is 30.3 Å². The predicted octanol–water partition coefficient (Wildman–Crippen LogP) is 4.84. The fraction of sp³-hybridized carbons (Fsp3) is 0.154. The van der Waals surface area contributed by atoms with Gasteiger partial charge in [-0.25, -0.2) is 5.43 Å². The Hall–Kier alpha value is -4.02. The molecule has 0 unspecified atom stereocenters. The number of methoxy groups -OCH3 is 1. The lowest BCUT2D eigenvalue weighted by molar-refractivity contribution is 0.0954. The molecule has 0 bridgehead atoms. The first kappa shape index (κ1) is 27.6. The molecule has 0 atom stereocenters. The molecule has 1 N–H and O–H groups in total. The summed E-state index contributed by atoms with van der Waals surface area (Å²) in [6.45, 7) is 6.14. The molecule has 0 aliphatic heterocycles. The fourth-order valence-corrected chi connectivity index (χ4v) is 4.08. The van der Waals surface area contributed by atoms with E-state index in [-0.39, 0.29) is 16.4 Å². The number of hydrazone groups is 1. The van der Waals surface area contributed by atoms with E-state index in [9.17, 15) is 13.2 Å². The molecule has 0 aliphatic carbocycles. The Morgan fingerprint density at radius 2 is 1.73 bits per heavy atom. The van der Waals surface area contributed by atoms with Crippen LogP contribution in [0.4, 0.5) is 0 Å². The summed E-state index contributed by atoms with van der Waals surface area (Å²) < 4.78 is 46.7. The van der Waals surface area contributed by atoms with Crippen LogP contribution in [0.2, 0.25) is 5.02 Å². The lowest BCUT2D eigenvalue weighted by Crippen LogP contribution is -2.17. The highest BCUT2D eigenvalue weighted by molar-refractivity contribution is 7.87. The van der Waals surface area contributed by atoms with E-state index < -0.39 is 16.0 Å². The maximum absolute atomic E-state index is 12.6. The fourth-order valence-electron chi connectivity index (χ4n) is 3.02. The van der Waals surface area contributed by atoms with Gasteiger partial charge in [0.2, 0.25) is 0 Å². The van der Waals surface area contributed by atoms with Gasteiger partial charge in [0.15, 0.2) is 23.0 Å². The van der Waals surface area contributed by atoms with Crippen molar-refractivity contribution in [2.75, 3.05) is 20.3 Å². The molecule has 0 aromatic heterocycles. The van der Waals surface area contributed by atoms with Gasteiger partial charge in [-0.05, 0) is 73.2 Å². The van der Waals surface area contributed by atoms with Gasteiger partial charge in [0.05, 0.1) is 19.9 Å². The molecule has 3 rings (SSSR count). The van der Waals surface area contributed by atoms with Crippen molar-refractivity contribution in [3.8, 4) is 23.0 Å². The molecular formula is C26H25ClN2O7S. The molecule has 0 fully saturated rings. The molecule has 0 radical (unpaired) electrons. The molecule has 3 aromatic rings. The van der Waals surface area contributed by atoms with Gasteiger partial charge in [-0.2, -0.15) is 13.5 Å². The number of benzene rings is 3. The molecule has 11 heteroatoms. The van der Waals surface area contributed by atoms with E-state index in [1.807, 2.05) is 6.92 Å². The monoisotopic (exact) mass is 544 g/mol. The third-order valence-corrected chi connectivity index (χ3v) is 6.23. The van der Waals surface area contributed by atoms with Gasteiger partial charge in [0, 0.05) is 10.6 Å². The standard InChI is InChI=1S/C26H25ClN2O7S/c1-4-14-35-22-13-7-19(16-25(22)34-5-2)26(30)29-28-17-18-6-12-23(24(15-18)33-3)36-37(31,32)21-10-8-20(27)9-11-21/h4,6-13,15-17H,1,5,14H2,2-3H3,(H,29,30)/b28-17+. The molecular weight excluding hydrogens is 520 g/mol. The largest absolute Gasteiger partial charge is 0.493 e. The van der Waals surface area contributed by atoms with Crippen LogP contribution in [0.15, 0.2) is 83.3 Å². The maximum Gasteiger partial charge on any atom is 0.339 e. The van der Waals surface area contributed by atoms with Gasteiger partial charge in [-0.15, -0.1) is 0 Å². The molecule has 0 spiro atoms. The summed E-state index contributed by atoms with van der Waals surface area (Å²) >= 11 is 5.82. The first-order chi connectivity index (χ1) is 17.8. The number of nitrogens with one attached hydrogen (secondary N) is 1. The molecule has 194 valence electrons. The summed E-state index contributed by atoms with van der Waals surface area (Å²) in [5.74, 6) is 0.600. The zero-order valence-corrected chi connectivity index (χ0v) is 21.7. The minimum Gasteiger partial charge on any atom is -0.493 e. The van der Waals surface area contributed by atoms with Gasteiger partial charge in [0.25, 0.3) is 5.91 Å². The van der Waals surface area contributed by atoms with Crippen LogP contribution < -0.4 is 23.8 Å². The Balaban J connectivity index is 1.70. The normalized spacial score (nSPS) is 11.1. The van der Waals surface area contributed by atoms with E-state index in [2.05, 4.69) is 17.1 Å². The zero-order chi connectivity index (χ0) is 26.8. The third-order valence-electron chi connectivity index (χ3n) is 4.73. The Bertz CT molecular complexity index is 1390. The Morgan fingerprint density at radius 1 is 1.00 bits per heavy atom. The smallest absolute Gasteiger partial charge is 0.339 e. The molecule has 37 heavy (non-hydrogen) atoms. The van der Waals surface area contributed by atoms with Crippen LogP contribution in [0.5, 0.6) is 23.0 Å². The Labute approximate surface area is 220 Å². The van der Waals surface area contributed by atoms with Gasteiger partial charge in [-0.1, -0.05) is 24.3 Å². The number of hydrogen-bond acceptors (Lipinski definition) is 8. The SMILES string of the molecule is C=CCOc1ccc(C(=O)N/N=C/c2ccc(OS(=O)(=O)c3ccc(Cl)cc3)c(OC)c2)cc1OCC. The average molecular weight is 545 g/mol. The van der Waals surface area contributed by atoms with Crippen LogP contribution in [0.1, 0.15) is 22.8 Å². The van der Waals surface area contributed by atoms with Crippen molar-refractivity contribution in [1.29, 1.82) is 0 Å². The second-order valence-electron chi connectivity index (χ2n) is 7.30. The number of nitrogens with zero attached hydrogens (tertiary/aromatic N) is 1. The summed E-state index contributed by atoms with van der Waals surface area (Å²) in [7, 11) is -2.73. The van der Waals surface area contributed by atoms with E-state index >= 15 is 0 Å². The van der Waals surface area contributed by atoms with Crippen molar-refractivity contribution in [1.82, 2.24) is 5.43 Å². The van der Waals surface area contributed by atoms with Crippen LogP contribution in [0.25, 0.3) is 0 Å². The molecule has 0 aliphatic rings. The van der Waals surface area contributed by atoms with Crippen LogP contribution in [0.3, 0.4) is 0 Å². The quantitative estimate of drug-likeness (QED) is 0.150. The molecule has 1 amide bonds. The van der Waals surface area contributed by atoms with E-state index in [4.69, 9.17) is 30.0 Å². The van der Waals surface area contributed by atoms with Crippen molar-refractivity contribution in [3.63, 3.8) is 0 Å². The Morgan fingerprint density at radius 3 is 2.41 bits per heavy atom. The summed E-state index contributed by atoms with van der Waals surface area (Å²) in [6.07, 6.45) is 2.99. The second kappa shape index (κ2) is 12.8. The number of rotatable bonds is 12. The summed E-state index contributed by atoms with van der Waals surface area (Å²) in [5, 5.41) is 4.36. The lowest BCUT2D eigenvalue weighted by Gasteiger charge is -2.12. The van der Waals surface area contributed by atoms with Crippen molar-refractivity contribution in [2.45, 2.75) is 11.8 Å². The van der Waals surface area contributed by atoms with Gasteiger partial charge < -0.3 is 18.4 Å². The number of ether oxygens (including phenoxy) is 3. The topological polar surface area (TPSA) is 113 Å². The first-order valence-electron chi connectivity index (χ1n) is 11.0. The number of hydrogen-bond donors (Lipinski definition) is 1. The zero-order valence-electron chi connectivity index (χ0n) is 20.1. The maximum atomic E-state index is 12.6. The number of carbonyl (C=O) groups is 1. The minimum atomic E-state index is -4.10. The van der Waals surface area contributed by atoms with Crippen molar-refractivity contribution in [2.24, 2.45) is 5.10 Å². The van der Waals surface area contributed by atoms with Gasteiger partial charge in [0.1, 0.15) is 11.5 Å². The summed E-state index contributed by atoms with van der Waals surface area (Å²) in [5.41, 5.74) is 3.28. The van der Waals surface area contributed by atoms with Crippen LogP contribution in [0, 0.1) is 0 Å². The lowest BCUT2D eigenvalue weighted by atomic mass is 10.2. The number of carbonyl (C=O) groups excluding carboxylic acids is 1. The molecule has 3 aromatic carbocycles. The van der Waals surface area contributed by atoms with Crippen LogP contribution >= 0.6 is 11.6 Å². The predicted molar refractivity (Wildman–Crippen MR) is 141 cm³/mol. The molecule has 0 heterocycles. The summed E-state index contributed by atoms with van der Waals surface area (Å²) in [4.78, 5) is 12.5. The molecule has 0 saturated carbocycles. The Kier molecular flexibility index (Phi) is 9.53. The van der Waals surface area contributed by atoms with Crippen molar-refractivity contribution >= 4 is 33.8 Å². The van der Waals surface area contributed by atoms with E-state index in [0.717, 1.165) is 0 Å². The van der Waals surface area contributed by atoms with Gasteiger partial charge >= 0.3 is 10.1 Å². The number of amides is 1. The molecule has 9 nitrogen and oxygen atoms in total. The van der Waals surface area contributed by atoms with E-state index in [0.29, 0.717) is 40.9 Å². The third kappa shape index (κ3) is 7.48. The second-order valence-corrected chi connectivity index (χ2v) is 9.28. The highest BCUT2D eigenvalue weighted by atomic mass is 35.5. The minimum absolute atomic E-state index is 0.0131. The molecule has 0 saturated heterocycles. The van der Waals surface area contributed by atoms with Gasteiger partial charge in [-0.3, -0.25) is 4.79 Å². The van der Waals surface area contributed by atoms with Crippen molar-refractivity contribution < 1.29 is 31.6 Å². The van der Waals surface area contributed by atoms with E-state index in [1.165, 1.54) is 49.7 Å². The van der Waals surface area contributed by atoms with Crippen LogP contribution in [-0.4, -0.2) is 40.9 Å². The summed E-state index contributed by atoms with van der Waals surface area (Å²) in [6, 6.07) is 14.9. The average Bonchev–Trinajstić information content (AvgIpc) is 2.88. The highest BCUT2D eigenvalue weighted by Crippen LogP contribution is 2.31. The van der Waals surface area contributed by atoms with Crippen molar-refractivity contribution in [3.05, 3.63) is 89.5 Å². The van der Waals surface area contributed by atoms with Crippen LogP contribution in [-0.2, 0) is 10.1 Å². The first-order valence-corrected chi connectivity index (χ1v) is 12.8.